The van der Waals surface area contributed by atoms with Crippen LogP contribution in [0.1, 0.15) is 46.6 Å². The maximum Gasteiger partial charge on any atom is 0.286 e. The Morgan fingerprint density at radius 1 is 1.03 bits per heavy atom. The summed E-state index contributed by atoms with van der Waals surface area (Å²) >= 11 is 1.25. The lowest BCUT2D eigenvalue weighted by molar-refractivity contribution is -0.121. The first-order valence-corrected chi connectivity index (χ1v) is 11.5. The minimum absolute atomic E-state index is 0.0348. The zero-order chi connectivity index (χ0) is 22.8. The molecule has 0 saturated heterocycles. The van der Waals surface area contributed by atoms with Gasteiger partial charge in [-0.15, -0.1) is 10.2 Å². The summed E-state index contributed by atoms with van der Waals surface area (Å²) in [6, 6.07) is 17.4. The zero-order valence-electron chi connectivity index (χ0n) is 18.3. The minimum Gasteiger partial charge on any atom is -0.497 e. The first kappa shape index (κ1) is 23.4. The van der Waals surface area contributed by atoms with Gasteiger partial charge in [-0.05, 0) is 56.0 Å². The second-order valence-corrected chi connectivity index (χ2v) is 8.59. The SMILES string of the molecule is COc1ccc(NC(=O)c2nnc(CCCC(=O)N[C@@H](C)CCc3ccccc3)s2)cc1. The highest BCUT2D eigenvalue weighted by Gasteiger charge is 2.14. The van der Waals surface area contributed by atoms with Gasteiger partial charge >= 0.3 is 0 Å². The van der Waals surface area contributed by atoms with E-state index < -0.39 is 0 Å². The van der Waals surface area contributed by atoms with E-state index in [1.165, 1.54) is 16.9 Å². The van der Waals surface area contributed by atoms with Crippen molar-refractivity contribution in [2.24, 2.45) is 0 Å². The Balaban J connectivity index is 1.36. The third-order valence-electron chi connectivity index (χ3n) is 4.92. The van der Waals surface area contributed by atoms with Gasteiger partial charge in [0.15, 0.2) is 0 Å². The van der Waals surface area contributed by atoms with Gasteiger partial charge in [-0.1, -0.05) is 41.7 Å². The van der Waals surface area contributed by atoms with E-state index in [1.54, 1.807) is 31.4 Å². The third kappa shape index (κ3) is 7.46. The number of nitrogens with zero attached hydrogens (tertiary/aromatic N) is 2. The number of carbonyl (C=O) groups excluding carboxylic acids is 2. The zero-order valence-corrected chi connectivity index (χ0v) is 19.2. The molecule has 1 aromatic heterocycles. The van der Waals surface area contributed by atoms with Crippen molar-refractivity contribution in [3.05, 3.63) is 70.2 Å². The quantitative estimate of drug-likeness (QED) is 0.453. The molecule has 2 amide bonds. The number of aryl methyl sites for hydroxylation is 2. The molecule has 1 heterocycles. The molecule has 0 bridgehead atoms. The lowest BCUT2D eigenvalue weighted by atomic mass is 10.1. The highest BCUT2D eigenvalue weighted by molar-refractivity contribution is 7.13. The Hall–Kier alpha value is -3.26. The van der Waals surface area contributed by atoms with Crippen molar-refractivity contribution < 1.29 is 14.3 Å². The van der Waals surface area contributed by atoms with Gasteiger partial charge in [0.05, 0.1) is 7.11 Å². The molecule has 8 heteroatoms. The van der Waals surface area contributed by atoms with Crippen LogP contribution in [0.4, 0.5) is 5.69 Å². The van der Waals surface area contributed by atoms with E-state index >= 15 is 0 Å². The van der Waals surface area contributed by atoms with Gasteiger partial charge in [0, 0.05) is 24.6 Å². The number of ether oxygens (including phenoxy) is 1. The largest absolute Gasteiger partial charge is 0.497 e. The topological polar surface area (TPSA) is 93.2 Å². The molecule has 0 fully saturated rings. The van der Waals surface area contributed by atoms with Crippen LogP contribution in [-0.4, -0.2) is 35.2 Å². The lowest BCUT2D eigenvalue weighted by Crippen LogP contribution is -2.32. The number of nitrogens with one attached hydrogen (secondary N) is 2. The van der Waals surface area contributed by atoms with Gasteiger partial charge in [-0.3, -0.25) is 9.59 Å². The van der Waals surface area contributed by atoms with Crippen molar-refractivity contribution in [1.82, 2.24) is 15.5 Å². The Bertz CT molecular complexity index is 1010. The molecule has 3 rings (SSSR count). The molecule has 0 spiro atoms. The third-order valence-corrected chi connectivity index (χ3v) is 5.90. The van der Waals surface area contributed by atoms with E-state index in [0.29, 0.717) is 30.0 Å². The lowest BCUT2D eigenvalue weighted by Gasteiger charge is -2.13. The normalized spacial score (nSPS) is 11.6. The summed E-state index contributed by atoms with van der Waals surface area (Å²) in [6.07, 6.45) is 3.53. The molecule has 0 aliphatic rings. The fourth-order valence-corrected chi connectivity index (χ4v) is 3.93. The van der Waals surface area contributed by atoms with E-state index in [2.05, 4.69) is 33.0 Å². The first-order chi connectivity index (χ1) is 15.5. The summed E-state index contributed by atoms with van der Waals surface area (Å²) in [5.74, 6) is 0.451. The standard InChI is InChI=1S/C24H28N4O3S/c1-17(11-12-18-7-4-3-5-8-18)25-21(29)9-6-10-22-27-28-24(32-22)23(30)26-19-13-15-20(31-2)16-14-19/h3-5,7-8,13-17H,6,9-12H2,1-2H3,(H,25,29)(H,26,30)/t17-/m0/s1. The Morgan fingerprint density at radius 2 is 1.78 bits per heavy atom. The van der Waals surface area contributed by atoms with Gasteiger partial charge in [-0.2, -0.15) is 0 Å². The predicted molar refractivity (Wildman–Crippen MR) is 126 cm³/mol. The molecule has 1 atom stereocenters. The number of carbonyl (C=O) groups is 2. The molecular weight excluding hydrogens is 424 g/mol. The van der Waals surface area contributed by atoms with Crippen molar-refractivity contribution in [1.29, 1.82) is 0 Å². The fraction of sp³-hybridized carbons (Fsp3) is 0.333. The number of rotatable bonds is 11. The first-order valence-electron chi connectivity index (χ1n) is 10.6. The molecule has 7 nitrogen and oxygen atoms in total. The summed E-state index contributed by atoms with van der Waals surface area (Å²) in [5, 5.41) is 14.9. The minimum atomic E-state index is -0.302. The van der Waals surface area contributed by atoms with Gasteiger partial charge in [-0.25, -0.2) is 0 Å². The molecule has 0 radical (unpaired) electrons. The van der Waals surface area contributed by atoms with Crippen LogP contribution >= 0.6 is 11.3 Å². The predicted octanol–water partition coefficient (Wildman–Crippen LogP) is 4.26. The smallest absolute Gasteiger partial charge is 0.286 e. The van der Waals surface area contributed by atoms with Crippen molar-refractivity contribution in [2.75, 3.05) is 12.4 Å². The second kappa shape index (κ2) is 12.0. The molecule has 3 aromatic rings. The molecule has 2 N–H and O–H groups in total. The van der Waals surface area contributed by atoms with Crippen molar-refractivity contribution in [2.45, 2.75) is 45.1 Å². The summed E-state index contributed by atoms with van der Waals surface area (Å²) in [6.45, 7) is 2.03. The summed E-state index contributed by atoms with van der Waals surface area (Å²) in [7, 11) is 1.59. The van der Waals surface area contributed by atoms with Gasteiger partial charge in [0.2, 0.25) is 10.9 Å². The van der Waals surface area contributed by atoms with Crippen LogP contribution in [0.5, 0.6) is 5.75 Å². The van der Waals surface area contributed by atoms with E-state index in [9.17, 15) is 9.59 Å². The van der Waals surface area contributed by atoms with E-state index in [1.807, 2.05) is 25.1 Å². The Labute approximate surface area is 192 Å². The van der Waals surface area contributed by atoms with Gasteiger partial charge in [0.1, 0.15) is 10.8 Å². The van der Waals surface area contributed by atoms with Crippen LogP contribution in [0.15, 0.2) is 54.6 Å². The van der Waals surface area contributed by atoms with Crippen LogP contribution in [0.25, 0.3) is 0 Å². The number of hydrogen-bond acceptors (Lipinski definition) is 6. The van der Waals surface area contributed by atoms with E-state index in [-0.39, 0.29) is 17.9 Å². The van der Waals surface area contributed by atoms with Crippen molar-refractivity contribution in [3.63, 3.8) is 0 Å². The molecule has 0 unspecified atom stereocenters. The molecule has 0 aliphatic carbocycles. The molecule has 0 saturated carbocycles. The van der Waals surface area contributed by atoms with Crippen LogP contribution in [0.2, 0.25) is 0 Å². The highest BCUT2D eigenvalue weighted by Crippen LogP contribution is 2.18. The molecule has 0 aliphatic heterocycles. The van der Waals surface area contributed by atoms with E-state index in [4.69, 9.17) is 4.74 Å². The van der Waals surface area contributed by atoms with Crippen LogP contribution in [0, 0.1) is 0 Å². The summed E-state index contributed by atoms with van der Waals surface area (Å²) in [5.41, 5.74) is 1.93. The second-order valence-electron chi connectivity index (χ2n) is 7.53. The molecule has 32 heavy (non-hydrogen) atoms. The van der Waals surface area contributed by atoms with E-state index in [0.717, 1.165) is 23.6 Å². The van der Waals surface area contributed by atoms with Gasteiger partial charge in [0.25, 0.3) is 5.91 Å². The molecular formula is C24H28N4O3S. The summed E-state index contributed by atoms with van der Waals surface area (Å²) in [4.78, 5) is 24.6. The number of aromatic nitrogens is 2. The number of anilines is 1. The highest BCUT2D eigenvalue weighted by atomic mass is 32.1. The van der Waals surface area contributed by atoms with Crippen LogP contribution in [0.3, 0.4) is 0 Å². The number of methoxy groups -OCH3 is 1. The fourth-order valence-electron chi connectivity index (χ4n) is 3.15. The number of benzene rings is 2. The van der Waals surface area contributed by atoms with Crippen LogP contribution in [-0.2, 0) is 17.6 Å². The monoisotopic (exact) mass is 452 g/mol. The number of amides is 2. The maximum atomic E-state index is 12.4. The average molecular weight is 453 g/mol. The number of hydrogen-bond donors (Lipinski definition) is 2. The van der Waals surface area contributed by atoms with Crippen molar-refractivity contribution in [3.8, 4) is 5.75 Å². The Morgan fingerprint density at radius 3 is 2.50 bits per heavy atom. The molecule has 2 aromatic carbocycles. The maximum absolute atomic E-state index is 12.4. The van der Waals surface area contributed by atoms with Gasteiger partial charge < -0.3 is 15.4 Å². The van der Waals surface area contributed by atoms with Crippen LogP contribution < -0.4 is 15.4 Å². The summed E-state index contributed by atoms with van der Waals surface area (Å²) < 4.78 is 5.11. The van der Waals surface area contributed by atoms with Crippen molar-refractivity contribution >= 4 is 28.8 Å². The average Bonchev–Trinajstić information content (AvgIpc) is 3.28. The molecule has 168 valence electrons. The Kier molecular flexibility index (Phi) is 8.74.